The second-order valence-corrected chi connectivity index (χ2v) is 12.5. The van der Waals surface area contributed by atoms with Gasteiger partial charge >= 0.3 is 194 Å². The van der Waals surface area contributed by atoms with Crippen LogP contribution in [0.3, 0.4) is 0 Å². The van der Waals surface area contributed by atoms with E-state index >= 15 is 0 Å². The van der Waals surface area contributed by atoms with Gasteiger partial charge in [-0.2, -0.15) is 0 Å². The molecule has 1 amide bonds. The number of rotatable bonds is 5. The molecule has 2 aromatic carbocycles. The molecule has 186 valence electrons. The first-order chi connectivity index (χ1) is 17.7. The van der Waals surface area contributed by atoms with Gasteiger partial charge in [-0.3, -0.25) is 4.79 Å². The Labute approximate surface area is 222 Å². The summed E-state index contributed by atoms with van der Waals surface area (Å²) < 4.78 is 6.22. The monoisotopic (exact) mass is 593 g/mol. The normalized spacial score (nSPS) is 16.8. The summed E-state index contributed by atoms with van der Waals surface area (Å²) in [6.07, 6.45) is 13.8. The first-order valence-electron chi connectivity index (χ1n) is 12.8. The second-order valence-electron chi connectivity index (χ2n) is 9.42. The number of aromatic nitrogens is 3. The molecule has 0 unspecified atom stereocenters. The molecule has 1 fully saturated rings. The molecule has 6 rings (SSSR count). The molecule has 7 nitrogen and oxygen atoms in total. The summed E-state index contributed by atoms with van der Waals surface area (Å²) in [5.41, 5.74) is 5.51. The fourth-order valence-corrected chi connectivity index (χ4v) is 7.58. The number of carbonyl (C=O) groups is 1. The number of carbonyl (C=O) groups excluding carboxylic acids is 1. The molecule has 0 saturated carbocycles. The summed E-state index contributed by atoms with van der Waals surface area (Å²) in [5, 5.41) is 6.35. The Morgan fingerprint density at radius 1 is 0.917 bits per heavy atom. The van der Waals surface area contributed by atoms with Crippen molar-refractivity contribution in [1.82, 2.24) is 22.8 Å². The van der Waals surface area contributed by atoms with Crippen molar-refractivity contribution in [3.8, 4) is 11.3 Å². The van der Waals surface area contributed by atoms with E-state index in [1.807, 2.05) is 28.9 Å². The maximum absolute atomic E-state index is 11.9. The van der Waals surface area contributed by atoms with Crippen LogP contribution < -0.4 is 32.1 Å². The average molecular weight is 593 g/mol. The third kappa shape index (κ3) is 4.97. The van der Waals surface area contributed by atoms with Crippen LogP contribution in [0.1, 0.15) is 54.4 Å². The van der Waals surface area contributed by atoms with Crippen LogP contribution >= 0.6 is 0 Å². The fourth-order valence-electron chi connectivity index (χ4n) is 4.95. The van der Waals surface area contributed by atoms with Gasteiger partial charge in [-0.1, -0.05) is 0 Å². The van der Waals surface area contributed by atoms with Crippen LogP contribution in [0.5, 0.6) is 0 Å². The molecule has 2 aliphatic rings. The van der Waals surface area contributed by atoms with Crippen molar-refractivity contribution in [3.05, 3.63) is 75.8 Å². The molecule has 8 heteroatoms. The van der Waals surface area contributed by atoms with Crippen LogP contribution in [0.15, 0.2) is 61.1 Å². The standard InChI is InChI=1S/C28H30IN6O/c36-28-24-12-7-20(17-21(24)18-32-28)25-19-31-26(27-30-13-16-35(25)27)33-23-10-8-22(9-11-23)29-34-14-5-3-1-2-4-6-15-34/h7-13,16-17,19H,1-6,14-15,18H2,(H,31,33)(H,32,36)/q-1. The number of imidazole rings is 1. The van der Waals surface area contributed by atoms with Crippen molar-refractivity contribution in [3.63, 3.8) is 0 Å². The van der Waals surface area contributed by atoms with E-state index in [4.69, 9.17) is 4.98 Å². The van der Waals surface area contributed by atoms with E-state index < -0.39 is 0 Å². The molecule has 2 aliphatic heterocycles. The zero-order valence-corrected chi connectivity index (χ0v) is 22.4. The van der Waals surface area contributed by atoms with Gasteiger partial charge in [0.1, 0.15) is 0 Å². The molecule has 36 heavy (non-hydrogen) atoms. The predicted octanol–water partition coefficient (Wildman–Crippen LogP) is 2.21. The summed E-state index contributed by atoms with van der Waals surface area (Å²) in [7, 11) is 0. The molecule has 0 spiro atoms. The van der Waals surface area contributed by atoms with Crippen molar-refractivity contribution in [2.75, 3.05) is 18.4 Å². The Morgan fingerprint density at radius 2 is 1.69 bits per heavy atom. The van der Waals surface area contributed by atoms with Crippen LogP contribution in [-0.4, -0.2) is 36.5 Å². The molecule has 0 atom stereocenters. The zero-order chi connectivity index (χ0) is 24.3. The van der Waals surface area contributed by atoms with Crippen molar-refractivity contribution in [2.45, 2.75) is 45.1 Å². The van der Waals surface area contributed by atoms with E-state index in [9.17, 15) is 4.79 Å². The summed E-state index contributed by atoms with van der Waals surface area (Å²) in [4.78, 5) is 21.2. The van der Waals surface area contributed by atoms with Crippen molar-refractivity contribution in [2.24, 2.45) is 0 Å². The number of halogens is 1. The molecule has 0 radical (unpaired) electrons. The maximum atomic E-state index is 11.9. The SMILES string of the molecule is O=C1NCc2cc(-c3cnc(Nc4ccc([I-]N5CCCCCCCC5)cc4)c4nccn34)ccc21. The van der Waals surface area contributed by atoms with Crippen LogP contribution in [0.2, 0.25) is 0 Å². The van der Waals surface area contributed by atoms with Gasteiger partial charge in [-0.05, 0) is 0 Å². The van der Waals surface area contributed by atoms with E-state index in [0.29, 0.717) is 6.54 Å². The Bertz CT molecular complexity index is 1370. The molecule has 4 heterocycles. The number of anilines is 2. The van der Waals surface area contributed by atoms with E-state index in [1.165, 1.54) is 55.2 Å². The summed E-state index contributed by atoms with van der Waals surface area (Å²) in [6, 6.07) is 14.8. The average Bonchev–Trinajstić information content (AvgIpc) is 3.56. The molecule has 0 aliphatic carbocycles. The minimum Gasteiger partial charge on any atom is 0.0443 e. The number of nitrogens with one attached hydrogen (secondary N) is 2. The van der Waals surface area contributed by atoms with Crippen LogP contribution in [0.25, 0.3) is 16.9 Å². The number of hydrogen-bond acceptors (Lipinski definition) is 5. The number of fused-ring (bicyclic) bond motifs is 2. The van der Waals surface area contributed by atoms with Gasteiger partial charge < -0.3 is 5.32 Å². The van der Waals surface area contributed by atoms with Crippen LogP contribution in [-0.2, 0) is 6.54 Å². The van der Waals surface area contributed by atoms with Crippen molar-refractivity contribution >= 4 is 23.1 Å². The van der Waals surface area contributed by atoms with Gasteiger partial charge in [0.2, 0.25) is 0 Å². The van der Waals surface area contributed by atoms with Crippen molar-refractivity contribution < 1.29 is 26.3 Å². The molecule has 0 bridgehead atoms. The Balaban J connectivity index is 1.19. The van der Waals surface area contributed by atoms with E-state index in [-0.39, 0.29) is 27.4 Å². The predicted molar refractivity (Wildman–Crippen MR) is 137 cm³/mol. The van der Waals surface area contributed by atoms with Gasteiger partial charge in [-0.15, -0.1) is 0 Å². The van der Waals surface area contributed by atoms with E-state index in [2.05, 4.69) is 49.1 Å². The first kappa shape index (κ1) is 23.4. The van der Waals surface area contributed by atoms with Gasteiger partial charge in [-0.25, -0.2) is 0 Å². The zero-order valence-electron chi connectivity index (χ0n) is 20.2. The topological polar surface area (TPSA) is 74.6 Å². The second kappa shape index (κ2) is 10.6. The van der Waals surface area contributed by atoms with Gasteiger partial charge in [0, 0.05) is 12.1 Å². The van der Waals surface area contributed by atoms with Crippen LogP contribution in [0.4, 0.5) is 11.5 Å². The van der Waals surface area contributed by atoms with Gasteiger partial charge in [0.05, 0.1) is 0 Å². The number of benzene rings is 2. The minimum atomic E-state index is -0.119. The number of amides is 1. The molecule has 4 aromatic rings. The Kier molecular flexibility index (Phi) is 6.87. The van der Waals surface area contributed by atoms with E-state index in [0.717, 1.165) is 39.5 Å². The summed E-state index contributed by atoms with van der Waals surface area (Å²) in [6.45, 7) is 3.06. The molecular formula is C28H30IN6O-. The molecule has 1 saturated heterocycles. The fraction of sp³-hybridized carbons (Fsp3) is 0.321. The smallest absolute Gasteiger partial charge is 0.0443 e. The van der Waals surface area contributed by atoms with Gasteiger partial charge in [0.15, 0.2) is 0 Å². The third-order valence-electron chi connectivity index (χ3n) is 6.89. The minimum absolute atomic E-state index is 0.00698. The Hall–Kier alpha value is -2.98. The molecule has 2 aromatic heterocycles. The summed E-state index contributed by atoms with van der Waals surface area (Å²) in [5.74, 6) is 0.719. The van der Waals surface area contributed by atoms with Crippen molar-refractivity contribution in [1.29, 1.82) is 0 Å². The molecule has 2 N–H and O–H groups in total. The first-order valence-corrected chi connectivity index (χ1v) is 14.8. The molecular weight excluding hydrogens is 563 g/mol. The van der Waals surface area contributed by atoms with Crippen LogP contribution in [0, 0.1) is 3.57 Å². The number of nitrogens with zero attached hydrogens (tertiary/aromatic N) is 4. The Morgan fingerprint density at radius 3 is 2.50 bits per heavy atom. The van der Waals surface area contributed by atoms with Gasteiger partial charge in [0.25, 0.3) is 5.91 Å². The number of hydrogen-bond donors (Lipinski definition) is 2. The quantitative estimate of drug-likeness (QED) is 0.275. The van der Waals surface area contributed by atoms with E-state index in [1.54, 1.807) is 6.20 Å². The summed E-state index contributed by atoms with van der Waals surface area (Å²) >= 11 is -0.119. The third-order valence-corrected chi connectivity index (χ3v) is 9.81.